The Balaban J connectivity index is 1.22. The van der Waals surface area contributed by atoms with Crippen molar-refractivity contribution in [3.63, 3.8) is 0 Å². The maximum Gasteiger partial charge on any atom is 0.314 e. The predicted molar refractivity (Wildman–Crippen MR) is 99.9 cm³/mol. The number of urea groups is 1. The van der Waals surface area contributed by atoms with Gasteiger partial charge in [0, 0.05) is 18.5 Å². The van der Waals surface area contributed by atoms with Gasteiger partial charge in [0.05, 0.1) is 0 Å². The summed E-state index contributed by atoms with van der Waals surface area (Å²) in [6, 6.07) is 16.3. The van der Waals surface area contributed by atoms with Crippen LogP contribution in [0.5, 0.6) is 11.5 Å². The van der Waals surface area contributed by atoms with Crippen LogP contribution in [-0.4, -0.2) is 32.3 Å². The average molecular weight is 352 g/mol. The van der Waals surface area contributed by atoms with Crippen molar-refractivity contribution in [3.8, 4) is 11.5 Å². The van der Waals surface area contributed by atoms with Crippen LogP contribution in [0.4, 0.5) is 4.79 Å². The standard InChI is InChI=1S/C21H24N2O3/c24-20(23-15-21(9-10-21)17-4-2-1-3-5-17)22-11-8-16-6-7-18-19(14-16)26-13-12-25-18/h1-7,14H,8-13,15H2,(H2,22,23,24). The van der Waals surface area contributed by atoms with Gasteiger partial charge < -0.3 is 20.1 Å². The van der Waals surface area contributed by atoms with E-state index in [0.29, 0.717) is 26.3 Å². The molecule has 2 N–H and O–H groups in total. The monoisotopic (exact) mass is 352 g/mol. The lowest BCUT2D eigenvalue weighted by Gasteiger charge is -2.19. The lowest BCUT2D eigenvalue weighted by atomic mass is 9.96. The second kappa shape index (κ2) is 7.28. The fourth-order valence-corrected chi connectivity index (χ4v) is 3.39. The van der Waals surface area contributed by atoms with Gasteiger partial charge in [0.2, 0.25) is 0 Å². The van der Waals surface area contributed by atoms with Crippen molar-refractivity contribution < 1.29 is 14.3 Å². The van der Waals surface area contributed by atoms with Crippen LogP contribution in [0.1, 0.15) is 24.0 Å². The first-order valence-electron chi connectivity index (χ1n) is 9.21. The van der Waals surface area contributed by atoms with E-state index < -0.39 is 0 Å². The second-order valence-corrected chi connectivity index (χ2v) is 6.98. The van der Waals surface area contributed by atoms with Gasteiger partial charge in [0.1, 0.15) is 13.2 Å². The molecule has 1 aliphatic carbocycles. The van der Waals surface area contributed by atoms with Crippen LogP contribution in [0.25, 0.3) is 0 Å². The number of amides is 2. The molecule has 0 atom stereocenters. The van der Waals surface area contributed by atoms with E-state index in [4.69, 9.17) is 9.47 Å². The quantitative estimate of drug-likeness (QED) is 0.840. The Labute approximate surface area is 153 Å². The molecule has 0 bridgehead atoms. The number of fused-ring (bicyclic) bond motifs is 1. The summed E-state index contributed by atoms with van der Waals surface area (Å²) in [4.78, 5) is 12.1. The Morgan fingerprint density at radius 2 is 1.73 bits per heavy atom. The first kappa shape index (κ1) is 16.8. The lowest BCUT2D eigenvalue weighted by molar-refractivity contribution is 0.171. The first-order valence-corrected chi connectivity index (χ1v) is 9.21. The minimum atomic E-state index is -0.107. The van der Waals surface area contributed by atoms with E-state index in [0.717, 1.165) is 36.3 Å². The van der Waals surface area contributed by atoms with E-state index in [1.165, 1.54) is 5.56 Å². The fraction of sp³-hybridized carbons (Fsp3) is 0.381. The van der Waals surface area contributed by atoms with Crippen molar-refractivity contribution in [3.05, 3.63) is 59.7 Å². The van der Waals surface area contributed by atoms with Gasteiger partial charge >= 0.3 is 6.03 Å². The molecule has 0 aromatic heterocycles. The van der Waals surface area contributed by atoms with Crippen molar-refractivity contribution in [2.45, 2.75) is 24.7 Å². The number of carbonyl (C=O) groups excluding carboxylic acids is 1. The summed E-state index contributed by atoms with van der Waals surface area (Å²) < 4.78 is 11.1. The zero-order valence-electron chi connectivity index (χ0n) is 14.8. The molecule has 0 spiro atoms. The van der Waals surface area contributed by atoms with Gasteiger partial charge in [-0.3, -0.25) is 0 Å². The zero-order valence-corrected chi connectivity index (χ0v) is 14.8. The Morgan fingerprint density at radius 1 is 0.962 bits per heavy atom. The van der Waals surface area contributed by atoms with Gasteiger partial charge in [-0.05, 0) is 42.5 Å². The van der Waals surface area contributed by atoms with Crippen LogP contribution >= 0.6 is 0 Å². The molecule has 2 aromatic carbocycles. The number of benzene rings is 2. The van der Waals surface area contributed by atoms with Crippen LogP contribution in [-0.2, 0) is 11.8 Å². The van der Waals surface area contributed by atoms with Gasteiger partial charge in [-0.2, -0.15) is 0 Å². The van der Waals surface area contributed by atoms with Crippen molar-refractivity contribution in [1.82, 2.24) is 10.6 Å². The summed E-state index contributed by atoms with van der Waals surface area (Å²) in [6.07, 6.45) is 3.02. The Kier molecular flexibility index (Phi) is 4.69. The summed E-state index contributed by atoms with van der Waals surface area (Å²) in [6.45, 7) is 2.45. The van der Waals surface area contributed by atoms with E-state index in [-0.39, 0.29) is 11.4 Å². The minimum Gasteiger partial charge on any atom is -0.486 e. The number of ether oxygens (including phenoxy) is 2. The largest absolute Gasteiger partial charge is 0.486 e. The second-order valence-electron chi connectivity index (χ2n) is 6.98. The molecule has 2 aromatic rings. The number of hydrogen-bond acceptors (Lipinski definition) is 3. The SMILES string of the molecule is O=C(NCCc1ccc2c(c1)OCCO2)NCC1(c2ccccc2)CC1. The molecule has 2 amide bonds. The average Bonchev–Trinajstić information content (AvgIpc) is 3.48. The normalized spacial score (nSPS) is 16.6. The minimum absolute atomic E-state index is 0.107. The van der Waals surface area contributed by atoms with Crippen molar-refractivity contribution in [2.75, 3.05) is 26.3 Å². The van der Waals surface area contributed by atoms with E-state index >= 15 is 0 Å². The summed E-state index contributed by atoms with van der Waals surface area (Å²) in [7, 11) is 0. The summed E-state index contributed by atoms with van der Waals surface area (Å²) in [5.74, 6) is 1.58. The van der Waals surface area contributed by atoms with Crippen LogP contribution in [0.2, 0.25) is 0 Å². The molecule has 5 heteroatoms. The molecule has 1 aliphatic heterocycles. The van der Waals surface area contributed by atoms with Gasteiger partial charge in [-0.15, -0.1) is 0 Å². The molecule has 26 heavy (non-hydrogen) atoms. The summed E-state index contributed by atoms with van der Waals surface area (Å²) >= 11 is 0. The van der Waals surface area contributed by atoms with Crippen molar-refractivity contribution in [2.24, 2.45) is 0 Å². The van der Waals surface area contributed by atoms with E-state index in [2.05, 4.69) is 34.9 Å². The summed E-state index contributed by atoms with van der Waals surface area (Å²) in [5, 5.41) is 5.97. The lowest BCUT2D eigenvalue weighted by Crippen LogP contribution is -2.40. The summed E-state index contributed by atoms with van der Waals surface area (Å²) in [5.41, 5.74) is 2.57. The molecular formula is C21H24N2O3. The van der Waals surface area contributed by atoms with Crippen LogP contribution < -0.4 is 20.1 Å². The smallest absolute Gasteiger partial charge is 0.314 e. The topological polar surface area (TPSA) is 59.6 Å². The van der Waals surface area contributed by atoms with Crippen molar-refractivity contribution in [1.29, 1.82) is 0 Å². The third-order valence-electron chi connectivity index (χ3n) is 5.13. The highest BCUT2D eigenvalue weighted by molar-refractivity contribution is 5.74. The molecule has 1 fully saturated rings. The van der Waals surface area contributed by atoms with Gasteiger partial charge in [0.15, 0.2) is 11.5 Å². The number of hydrogen-bond donors (Lipinski definition) is 2. The van der Waals surface area contributed by atoms with Gasteiger partial charge in [-0.25, -0.2) is 4.79 Å². The molecule has 2 aliphatic rings. The molecule has 1 saturated carbocycles. The fourth-order valence-electron chi connectivity index (χ4n) is 3.39. The molecule has 0 radical (unpaired) electrons. The van der Waals surface area contributed by atoms with E-state index in [1.807, 2.05) is 24.3 Å². The van der Waals surface area contributed by atoms with E-state index in [1.54, 1.807) is 0 Å². The first-order chi connectivity index (χ1) is 12.8. The molecule has 136 valence electrons. The third kappa shape index (κ3) is 3.77. The number of nitrogens with one attached hydrogen (secondary N) is 2. The van der Waals surface area contributed by atoms with Crippen LogP contribution in [0, 0.1) is 0 Å². The highest BCUT2D eigenvalue weighted by Gasteiger charge is 2.44. The maximum absolute atomic E-state index is 12.1. The van der Waals surface area contributed by atoms with Crippen LogP contribution in [0.3, 0.4) is 0 Å². The number of rotatable bonds is 6. The zero-order chi connectivity index (χ0) is 17.8. The predicted octanol–water partition coefficient (Wildman–Crippen LogP) is 3.03. The Bertz CT molecular complexity index is 772. The highest BCUT2D eigenvalue weighted by atomic mass is 16.6. The highest BCUT2D eigenvalue weighted by Crippen LogP contribution is 2.47. The van der Waals surface area contributed by atoms with Crippen LogP contribution in [0.15, 0.2) is 48.5 Å². The Morgan fingerprint density at radius 3 is 2.50 bits per heavy atom. The molecule has 0 saturated heterocycles. The molecular weight excluding hydrogens is 328 g/mol. The molecule has 5 nitrogen and oxygen atoms in total. The molecule has 0 unspecified atom stereocenters. The van der Waals surface area contributed by atoms with Gasteiger partial charge in [0.25, 0.3) is 0 Å². The van der Waals surface area contributed by atoms with E-state index in [9.17, 15) is 4.79 Å². The van der Waals surface area contributed by atoms with Gasteiger partial charge in [-0.1, -0.05) is 36.4 Å². The third-order valence-corrected chi connectivity index (χ3v) is 5.13. The van der Waals surface area contributed by atoms with Crippen molar-refractivity contribution >= 4 is 6.03 Å². The molecule has 1 heterocycles. The number of carbonyl (C=O) groups is 1. The maximum atomic E-state index is 12.1. The Hall–Kier alpha value is -2.69. The molecule has 4 rings (SSSR count).